The summed E-state index contributed by atoms with van der Waals surface area (Å²) in [7, 11) is 3.54. The molecule has 50 heavy (non-hydrogen) atoms. The first-order valence-electron chi connectivity index (χ1n) is 18.4. The second kappa shape index (κ2) is 17.7. The monoisotopic (exact) mass is 731 g/mol. The molecule has 0 bridgehead atoms. The van der Waals surface area contributed by atoms with Gasteiger partial charge in [0.2, 0.25) is 0 Å². The van der Waals surface area contributed by atoms with E-state index in [9.17, 15) is 9.59 Å². The van der Waals surface area contributed by atoms with Crippen LogP contribution in [0.3, 0.4) is 0 Å². The molecule has 4 fully saturated rings. The second-order valence-corrected chi connectivity index (χ2v) is 15.6. The summed E-state index contributed by atoms with van der Waals surface area (Å²) in [6.45, 7) is 13.9. The van der Waals surface area contributed by atoms with Crippen LogP contribution in [-0.2, 0) is 0 Å². The van der Waals surface area contributed by atoms with Crippen molar-refractivity contribution in [2.75, 3.05) is 71.4 Å². The van der Waals surface area contributed by atoms with Gasteiger partial charge in [-0.1, -0.05) is 20.8 Å². The molecule has 1 atom stereocenters. The number of benzene rings is 2. The lowest BCUT2D eigenvalue weighted by atomic mass is 9.68. The highest BCUT2D eigenvalue weighted by atomic mass is 35.5. The Morgan fingerprint density at radius 2 is 1.44 bits per heavy atom. The minimum absolute atomic E-state index is 0. The van der Waals surface area contributed by atoms with Gasteiger partial charge in [-0.25, -0.2) is 0 Å². The second-order valence-electron chi connectivity index (χ2n) is 15.6. The molecule has 3 aliphatic heterocycles. The lowest BCUT2D eigenvalue weighted by Gasteiger charge is -2.37. The third-order valence-corrected chi connectivity index (χ3v) is 11.1. The van der Waals surface area contributed by atoms with Gasteiger partial charge < -0.3 is 34.8 Å². The summed E-state index contributed by atoms with van der Waals surface area (Å²) in [5, 5.41) is 6.82. The number of ether oxygens (including phenoxy) is 2. The number of hydrogen-bond donors (Lipinski definition) is 2. The molecule has 0 spiro atoms. The summed E-state index contributed by atoms with van der Waals surface area (Å²) in [6, 6.07) is 12.1. The normalized spacial score (nSPS) is 23.0. The van der Waals surface area contributed by atoms with E-state index < -0.39 is 0 Å². The number of piperazine rings is 1. The Labute approximate surface area is 312 Å². The van der Waals surface area contributed by atoms with E-state index in [1.807, 2.05) is 29.2 Å². The Hall–Kier alpha value is -2.72. The molecule has 11 heteroatoms. The average molecular weight is 733 g/mol. The standard InChI is InChI=1S/C39H57N5O4.2ClH/c1-39(2,3)29-9-6-27(7-10-29)34-24-28(8-13-35(34)48-32-14-17-41-26-32)37(45)44-20-15-31(16-21-44)47-36-25-30(43-22-18-40-19-23-43)11-12-33(36)38(46)42(4)5;;/h8,11-13,24-25,27,29,31-32,40-41H,6-7,9-10,14-23,26H2,1-5H3;2*1H/t27?,29?,32-;;/m0../s1. The minimum atomic E-state index is -0.0659. The highest BCUT2D eigenvalue weighted by Gasteiger charge is 2.33. The number of hydrogen-bond acceptors (Lipinski definition) is 7. The van der Waals surface area contributed by atoms with E-state index in [1.54, 1.807) is 19.0 Å². The summed E-state index contributed by atoms with van der Waals surface area (Å²) >= 11 is 0. The Bertz CT molecular complexity index is 1420. The minimum Gasteiger partial charge on any atom is -0.489 e. The molecule has 2 amide bonds. The number of nitrogens with zero attached hydrogens (tertiary/aromatic N) is 3. The fourth-order valence-electron chi connectivity index (χ4n) is 7.97. The number of amides is 2. The highest BCUT2D eigenvalue weighted by Crippen LogP contribution is 2.45. The summed E-state index contributed by atoms with van der Waals surface area (Å²) in [6.07, 6.45) is 7.27. The Morgan fingerprint density at radius 1 is 0.760 bits per heavy atom. The Morgan fingerprint density at radius 3 is 2.06 bits per heavy atom. The molecule has 9 nitrogen and oxygen atoms in total. The predicted octanol–water partition coefficient (Wildman–Crippen LogP) is 6.39. The first kappa shape index (κ1) is 40.1. The molecule has 1 aliphatic carbocycles. The van der Waals surface area contributed by atoms with Crippen LogP contribution < -0.4 is 25.0 Å². The number of anilines is 1. The Balaban J connectivity index is 0.00000281. The molecular weight excluding hydrogens is 673 g/mol. The molecule has 3 saturated heterocycles. The van der Waals surface area contributed by atoms with Gasteiger partial charge in [0.25, 0.3) is 11.8 Å². The Kier molecular flexibility index (Phi) is 14.2. The number of carbonyl (C=O) groups excluding carboxylic acids is 2. The summed E-state index contributed by atoms with van der Waals surface area (Å²) in [5.41, 5.74) is 3.94. The van der Waals surface area contributed by atoms with Crippen LogP contribution >= 0.6 is 24.8 Å². The van der Waals surface area contributed by atoms with Gasteiger partial charge in [-0.15, -0.1) is 24.8 Å². The largest absolute Gasteiger partial charge is 0.489 e. The lowest BCUT2D eigenvalue weighted by molar-refractivity contribution is 0.0592. The zero-order chi connectivity index (χ0) is 33.8. The van der Waals surface area contributed by atoms with E-state index in [1.165, 1.54) is 18.4 Å². The van der Waals surface area contributed by atoms with Crippen molar-refractivity contribution in [3.05, 3.63) is 53.1 Å². The van der Waals surface area contributed by atoms with Gasteiger partial charge in [0, 0.05) is 90.1 Å². The van der Waals surface area contributed by atoms with Crippen LogP contribution in [0.1, 0.15) is 97.9 Å². The van der Waals surface area contributed by atoms with Gasteiger partial charge in [0.15, 0.2) is 0 Å². The van der Waals surface area contributed by atoms with Gasteiger partial charge in [0.05, 0.1) is 5.56 Å². The van der Waals surface area contributed by atoms with Crippen molar-refractivity contribution in [1.29, 1.82) is 0 Å². The smallest absolute Gasteiger partial charge is 0.257 e. The van der Waals surface area contributed by atoms with Gasteiger partial charge in [-0.2, -0.15) is 0 Å². The van der Waals surface area contributed by atoms with Crippen LogP contribution in [0.4, 0.5) is 5.69 Å². The predicted molar refractivity (Wildman–Crippen MR) is 206 cm³/mol. The van der Waals surface area contributed by atoms with Gasteiger partial charge in [0.1, 0.15) is 23.7 Å². The van der Waals surface area contributed by atoms with E-state index >= 15 is 0 Å². The van der Waals surface area contributed by atoms with Gasteiger partial charge in [-0.05, 0) is 91.8 Å². The maximum absolute atomic E-state index is 14.0. The number of halogens is 2. The number of nitrogens with one attached hydrogen (secondary N) is 2. The van der Waals surface area contributed by atoms with Gasteiger partial charge in [-0.3, -0.25) is 9.59 Å². The van der Waals surface area contributed by atoms with Gasteiger partial charge >= 0.3 is 0 Å². The van der Waals surface area contributed by atoms with Crippen LogP contribution in [0, 0.1) is 11.3 Å². The summed E-state index contributed by atoms with van der Waals surface area (Å²) in [5.74, 6) is 2.74. The molecule has 2 aromatic carbocycles. The average Bonchev–Trinajstić information content (AvgIpc) is 3.61. The molecule has 0 unspecified atom stereocenters. The molecule has 6 rings (SSSR count). The quantitative estimate of drug-likeness (QED) is 0.326. The van der Waals surface area contributed by atoms with Crippen LogP contribution in [0.2, 0.25) is 0 Å². The van der Waals surface area contributed by atoms with Crippen molar-refractivity contribution in [3.8, 4) is 11.5 Å². The first-order chi connectivity index (χ1) is 23.1. The molecule has 2 aromatic rings. The molecular formula is C39H59Cl2N5O4. The zero-order valence-electron chi connectivity index (χ0n) is 30.7. The molecule has 278 valence electrons. The zero-order valence-corrected chi connectivity index (χ0v) is 32.3. The fraction of sp³-hybridized carbons (Fsp3) is 0.641. The van der Waals surface area contributed by atoms with E-state index in [0.717, 1.165) is 94.3 Å². The van der Waals surface area contributed by atoms with Crippen LogP contribution in [0.15, 0.2) is 36.4 Å². The van der Waals surface area contributed by atoms with Crippen molar-refractivity contribution in [2.45, 2.75) is 83.8 Å². The maximum Gasteiger partial charge on any atom is 0.257 e. The fourth-order valence-corrected chi connectivity index (χ4v) is 7.97. The van der Waals surface area contributed by atoms with Crippen LogP contribution in [0.25, 0.3) is 0 Å². The summed E-state index contributed by atoms with van der Waals surface area (Å²) in [4.78, 5) is 32.9. The number of likely N-dealkylation sites (tertiary alicyclic amines) is 1. The maximum atomic E-state index is 14.0. The van der Waals surface area contributed by atoms with E-state index in [0.29, 0.717) is 35.7 Å². The summed E-state index contributed by atoms with van der Waals surface area (Å²) < 4.78 is 13.1. The first-order valence-corrected chi connectivity index (χ1v) is 18.4. The van der Waals surface area contributed by atoms with Crippen molar-refractivity contribution < 1.29 is 19.1 Å². The molecule has 1 saturated carbocycles. The SMILES string of the molecule is CN(C)C(=O)c1ccc(N2CCNCC2)cc1OC1CCN(C(=O)c2ccc(O[C@H]3CCNC3)c(C3CCC(C(C)(C)C)CC3)c2)CC1.Cl.Cl. The van der Waals surface area contributed by atoms with Crippen molar-refractivity contribution in [2.24, 2.45) is 11.3 Å². The van der Waals surface area contributed by atoms with Crippen molar-refractivity contribution in [3.63, 3.8) is 0 Å². The number of piperidine rings is 1. The van der Waals surface area contributed by atoms with Crippen LogP contribution in [0.5, 0.6) is 11.5 Å². The topological polar surface area (TPSA) is 86.4 Å². The molecule has 0 aromatic heterocycles. The van der Waals surface area contributed by atoms with E-state index in [2.05, 4.69) is 48.4 Å². The molecule has 0 radical (unpaired) electrons. The molecule has 2 N–H and O–H groups in total. The lowest BCUT2D eigenvalue weighted by Crippen LogP contribution is -2.43. The van der Waals surface area contributed by atoms with Crippen LogP contribution in [-0.4, -0.2) is 100 Å². The van der Waals surface area contributed by atoms with E-state index in [-0.39, 0.29) is 48.8 Å². The highest BCUT2D eigenvalue weighted by molar-refractivity contribution is 5.97. The van der Waals surface area contributed by atoms with Crippen molar-refractivity contribution >= 4 is 42.3 Å². The van der Waals surface area contributed by atoms with E-state index in [4.69, 9.17) is 9.47 Å². The third kappa shape index (κ3) is 9.58. The van der Waals surface area contributed by atoms with Crippen molar-refractivity contribution in [1.82, 2.24) is 20.4 Å². The molecule has 4 aliphatic rings. The third-order valence-electron chi connectivity index (χ3n) is 11.1. The molecule has 3 heterocycles. The number of carbonyl (C=O) groups is 2. The number of rotatable bonds is 8.